The van der Waals surface area contributed by atoms with Gasteiger partial charge >= 0.3 is 18.2 Å². The fourth-order valence-corrected chi connectivity index (χ4v) is 3.26. The van der Waals surface area contributed by atoms with Gasteiger partial charge in [0.2, 0.25) is 0 Å². The Labute approximate surface area is 132 Å². The second-order valence-electron chi connectivity index (χ2n) is 6.16. The molecule has 0 radical (unpaired) electrons. The predicted molar refractivity (Wildman–Crippen MR) is 73.8 cm³/mol. The topological polar surface area (TPSA) is 78.9 Å². The molecule has 0 bridgehead atoms. The third-order valence-electron chi connectivity index (χ3n) is 4.68. The number of rotatable bonds is 3. The molecule has 0 aromatic rings. The Hall–Kier alpha value is -1.51. The van der Waals surface area contributed by atoms with Gasteiger partial charge in [0.05, 0.1) is 17.9 Å². The third-order valence-corrected chi connectivity index (χ3v) is 4.68. The Morgan fingerprint density at radius 2 is 1.78 bits per heavy atom. The van der Waals surface area contributed by atoms with E-state index >= 15 is 0 Å². The molecule has 2 atom stereocenters. The number of amides is 2. The number of hydrogen-bond donors (Lipinski definition) is 2. The standard InChI is InChI=1S/C14H21F3N2O4/c1-23-9-4-2-8(3-5-9)18-13(22)19-6-10(12(20)21)11(7-19)14(15,16)17/h8-11H,2-7H2,1H3,(H,18,22)(H,20,21)/t8?,9?,10-,11-/m1/s1. The highest BCUT2D eigenvalue weighted by Crippen LogP contribution is 2.37. The lowest BCUT2D eigenvalue weighted by atomic mass is 9.93. The minimum absolute atomic E-state index is 0.109. The van der Waals surface area contributed by atoms with Gasteiger partial charge in [-0.05, 0) is 25.7 Å². The first-order valence-electron chi connectivity index (χ1n) is 7.60. The summed E-state index contributed by atoms with van der Waals surface area (Å²) in [5.74, 6) is -5.15. The van der Waals surface area contributed by atoms with Crippen LogP contribution in [0.15, 0.2) is 0 Å². The van der Waals surface area contributed by atoms with E-state index < -0.39 is 43.1 Å². The van der Waals surface area contributed by atoms with Crippen molar-refractivity contribution in [3.05, 3.63) is 0 Å². The van der Waals surface area contributed by atoms with E-state index in [1.807, 2.05) is 0 Å². The zero-order valence-corrected chi connectivity index (χ0v) is 12.8. The van der Waals surface area contributed by atoms with Crippen molar-refractivity contribution >= 4 is 12.0 Å². The Morgan fingerprint density at radius 3 is 2.22 bits per heavy atom. The summed E-state index contributed by atoms with van der Waals surface area (Å²) in [4.78, 5) is 24.1. The van der Waals surface area contributed by atoms with Crippen LogP contribution in [-0.2, 0) is 9.53 Å². The summed E-state index contributed by atoms with van der Waals surface area (Å²) in [6, 6.07) is -0.731. The van der Waals surface area contributed by atoms with Crippen LogP contribution in [0.5, 0.6) is 0 Å². The van der Waals surface area contributed by atoms with Gasteiger partial charge in [0.15, 0.2) is 0 Å². The van der Waals surface area contributed by atoms with Crippen LogP contribution < -0.4 is 5.32 Å². The number of likely N-dealkylation sites (tertiary alicyclic amines) is 1. The first kappa shape index (κ1) is 17.8. The molecule has 1 saturated heterocycles. The van der Waals surface area contributed by atoms with Crippen LogP contribution in [0, 0.1) is 11.8 Å². The number of urea groups is 1. The van der Waals surface area contributed by atoms with Gasteiger partial charge in [-0.1, -0.05) is 0 Å². The van der Waals surface area contributed by atoms with Crippen LogP contribution in [0.2, 0.25) is 0 Å². The number of nitrogens with zero attached hydrogens (tertiary/aromatic N) is 1. The molecule has 0 aromatic carbocycles. The SMILES string of the molecule is COC1CCC(NC(=O)N2C[C@@H](C(F)(F)F)[C@H](C(=O)O)C2)CC1. The lowest BCUT2D eigenvalue weighted by Crippen LogP contribution is -2.46. The number of alkyl halides is 3. The quantitative estimate of drug-likeness (QED) is 0.823. The van der Waals surface area contributed by atoms with Crippen molar-refractivity contribution in [1.82, 2.24) is 10.2 Å². The smallest absolute Gasteiger partial charge is 0.394 e. The molecule has 132 valence electrons. The highest BCUT2D eigenvalue weighted by atomic mass is 19.4. The van der Waals surface area contributed by atoms with Crippen molar-refractivity contribution in [3.8, 4) is 0 Å². The van der Waals surface area contributed by atoms with Crippen LogP contribution in [0.1, 0.15) is 25.7 Å². The fraction of sp³-hybridized carbons (Fsp3) is 0.857. The summed E-state index contributed by atoms with van der Waals surface area (Å²) >= 11 is 0. The molecule has 1 heterocycles. The van der Waals surface area contributed by atoms with Crippen LogP contribution >= 0.6 is 0 Å². The van der Waals surface area contributed by atoms with Crippen molar-refractivity contribution in [2.45, 2.75) is 44.0 Å². The number of aliphatic carboxylic acids is 1. The fourth-order valence-electron chi connectivity index (χ4n) is 3.26. The Bertz CT molecular complexity index is 450. The van der Waals surface area contributed by atoms with Gasteiger partial charge in [-0.3, -0.25) is 4.79 Å². The molecular weight excluding hydrogens is 317 g/mol. The van der Waals surface area contributed by atoms with E-state index in [2.05, 4.69) is 5.32 Å². The molecule has 1 aliphatic carbocycles. The first-order chi connectivity index (χ1) is 10.7. The van der Waals surface area contributed by atoms with E-state index in [-0.39, 0.29) is 12.1 Å². The molecule has 0 spiro atoms. The second-order valence-corrected chi connectivity index (χ2v) is 6.16. The van der Waals surface area contributed by atoms with Gasteiger partial charge in [-0.2, -0.15) is 13.2 Å². The van der Waals surface area contributed by atoms with Crippen molar-refractivity contribution in [2.75, 3.05) is 20.2 Å². The van der Waals surface area contributed by atoms with E-state index in [4.69, 9.17) is 9.84 Å². The average Bonchev–Trinajstić information content (AvgIpc) is 2.93. The Kier molecular flexibility index (Phi) is 5.38. The summed E-state index contributed by atoms with van der Waals surface area (Å²) in [5.41, 5.74) is 0. The second kappa shape index (κ2) is 6.94. The summed E-state index contributed by atoms with van der Waals surface area (Å²) in [5, 5.41) is 11.7. The molecule has 9 heteroatoms. The molecule has 2 amide bonds. The lowest BCUT2D eigenvalue weighted by Gasteiger charge is -2.29. The number of methoxy groups -OCH3 is 1. The average molecular weight is 338 g/mol. The summed E-state index contributed by atoms with van der Waals surface area (Å²) in [6.45, 7) is -1.03. The monoisotopic (exact) mass is 338 g/mol. The summed E-state index contributed by atoms with van der Waals surface area (Å²) in [7, 11) is 1.62. The summed E-state index contributed by atoms with van der Waals surface area (Å²) < 4.78 is 44.0. The number of hydrogen-bond acceptors (Lipinski definition) is 3. The minimum Gasteiger partial charge on any atom is -0.481 e. The van der Waals surface area contributed by atoms with Gasteiger partial charge in [0.1, 0.15) is 0 Å². The maximum absolute atomic E-state index is 12.9. The number of carbonyl (C=O) groups is 2. The predicted octanol–water partition coefficient (Wildman–Crippen LogP) is 1.85. The van der Waals surface area contributed by atoms with Gasteiger partial charge in [-0.15, -0.1) is 0 Å². The van der Waals surface area contributed by atoms with Gasteiger partial charge < -0.3 is 20.1 Å². The van der Waals surface area contributed by atoms with Gasteiger partial charge in [-0.25, -0.2) is 4.79 Å². The molecule has 0 aromatic heterocycles. The van der Waals surface area contributed by atoms with Crippen molar-refractivity contribution < 1.29 is 32.6 Å². The van der Waals surface area contributed by atoms with E-state index in [0.717, 1.165) is 17.7 Å². The van der Waals surface area contributed by atoms with Crippen molar-refractivity contribution in [1.29, 1.82) is 0 Å². The largest absolute Gasteiger partial charge is 0.481 e. The number of halogens is 3. The van der Waals surface area contributed by atoms with E-state index in [9.17, 15) is 22.8 Å². The summed E-state index contributed by atoms with van der Waals surface area (Å²) in [6.07, 6.45) is -1.52. The highest BCUT2D eigenvalue weighted by Gasteiger charge is 2.53. The minimum atomic E-state index is -4.63. The number of ether oxygens (including phenoxy) is 1. The normalized spacial score (nSPS) is 31.9. The van der Waals surface area contributed by atoms with Crippen molar-refractivity contribution in [2.24, 2.45) is 11.8 Å². The first-order valence-corrected chi connectivity index (χ1v) is 7.60. The van der Waals surface area contributed by atoms with Crippen LogP contribution in [0.4, 0.5) is 18.0 Å². The molecule has 23 heavy (non-hydrogen) atoms. The van der Waals surface area contributed by atoms with Crippen LogP contribution in [0.25, 0.3) is 0 Å². The Morgan fingerprint density at radius 1 is 1.17 bits per heavy atom. The molecule has 2 fully saturated rings. The molecule has 0 unspecified atom stereocenters. The van der Waals surface area contributed by atoms with Gasteiger partial charge in [0.25, 0.3) is 0 Å². The third kappa shape index (κ3) is 4.27. The zero-order chi connectivity index (χ0) is 17.2. The molecule has 6 nitrogen and oxygen atoms in total. The lowest BCUT2D eigenvalue weighted by molar-refractivity contribution is -0.187. The maximum Gasteiger partial charge on any atom is 0.394 e. The van der Waals surface area contributed by atoms with Crippen LogP contribution in [0.3, 0.4) is 0 Å². The number of carboxylic acids is 1. The van der Waals surface area contributed by atoms with E-state index in [1.165, 1.54) is 0 Å². The molecule has 2 aliphatic rings. The van der Waals surface area contributed by atoms with Gasteiger partial charge in [0, 0.05) is 26.2 Å². The number of carbonyl (C=O) groups excluding carboxylic acids is 1. The number of nitrogens with one attached hydrogen (secondary N) is 1. The highest BCUT2D eigenvalue weighted by molar-refractivity contribution is 5.78. The zero-order valence-electron chi connectivity index (χ0n) is 12.8. The maximum atomic E-state index is 12.9. The molecule has 2 rings (SSSR count). The van der Waals surface area contributed by atoms with E-state index in [0.29, 0.717) is 12.8 Å². The van der Waals surface area contributed by atoms with Crippen LogP contribution in [-0.4, -0.2) is 60.5 Å². The van der Waals surface area contributed by atoms with E-state index in [1.54, 1.807) is 7.11 Å². The molecule has 1 aliphatic heterocycles. The molecule has 1 saturated carbocycles. The Balaban J connectivity index is 1.92. The molecular formula is C14H21F3N2O4. The number of carboxylic acid groups (broad SMARTS) is 1. The van der Waals surface area contributed by atoms with Crippen molar-refractivity contribution in [3.63, 3.8) is 0 Å². The molecule has 2 N–H and O–H groups in total.